The van der Waals surface area contributed by atoms with Crippen molar-refractivity contribution in [2.75, 3.05) is 0 Å². The SMILES string of the molecule is Cc1cc(C)n2nc(CC(=O)OCc3csc(-c4ccco4)n3)nc2n1. The van der Waals surface area contributed by atoms with Crippen LogP contribution in [0.4, 0.5) is 0 Å². The van der Waals surface area contributed by atoms with E-state index >= 15 is 0 Å². The zero-order valence-electron chi connectivity index (χ0n) is 14.2. The van der Waals surface area contributed by atoms with Crippen LogP contribution in [0.1, 0.15) is 22.9 Å². The Labute approximate surface area is 152 Å². The van der Waals surface area contributed by atoms with E-state index in [9.17, 15) is 4.79 Å². The number of aryl methyl sites for hydroxylation is 2. The molecule has 9 heteroatoms. The second-order valence-corrected chi connectivity index (χ2v) is 6.60. The molecule has 4 aromatic heterocycles. The maximum atomic E-state index is 12.1. The molecule has 0 spiro atoms. The number of ether oxygens (including phenoxy) is 1. The van der Waals surface area contributed by atoms with Crippen molar-refractivity contribution in [3.63, 3.8) is 0 Å². The van der Waals surface area contributed by atoms with Crippen LogP contribution in [0.2, 0.25) is 0 Å². The highest BCUT2D eigenvalue weighted by atomic mass is 32.1. The molecule has 0 bridgehead atoms. The molecule has 0 N–H and O–H groups in total. The van der Waals surface area contributed by atoms with E-state index in [1.165, 1.54) is 11.3 Å². The van der Waals surface area contributed by atoms with Gasteiger partial charge in [-0.05, 0) is 32.0 Å². The summed E-state index contributed by atoms with van der Waals surface area (Å²) in [6.45, 7) is 3.90. The number of carbonyl (C=O) groups is 1. The third kappa shape index (κ3) is 3.33. The maximum absolute atomic E-state index is 12.1. The summed E-state index contributed by atoms with van der Waals surface area (Å²) in [4.78, 5) is 25.1. The molecule has 0 amide bonds. The normalized spacial score (nSPS) is 11.2. The Morgan fingerprint density at radius 2 is 2.19 bits per heavy atom. The van der Waals surface area contributed by atoms with Crippen molar-refractivity contribution in [3.8, 4) is 10.8 Å². The van der Waals surface area contributed by atoms with Crippen LogP contribution < -0.4 is 0 Å². The lowest BCUT2D eigenvalue weighted by Gasteiger charge is -2.00. The Morgan fingerprint density at radius 3 is 3.00 bits per heavy atom. The molecule has 4 heterocycles. The average molecular weight is 369 g/mol. The highest BCUT2D eigenvalue weighted by Crippen LogP contribution is 2.24. The predicted molar refractivity (Wildman–Crippen MR) is 93.6 cm³/mol. The van der Waals surface area contributed by atoms with Crippen LogP contribution in [-0.2, 0) is 22.6 Å². The van der Waals surface area contributed by atoms with Gasteiger partial charge in [-0.15, -0.1) is 16.4 Å². The summed E-state index contributed by atoms with van der Waals surface area (Å²) in [5.41, 5.74) is 2.44. The van der Waals surface area contributed by atoms with E-state index in [0.29, 0.717) is 23.1 Å². The van der Waals surface area contributed by atoms with Crippen molar-refractivity contribution in [1.29, 1.82) is 0 Å². The summed E-state index contributed by atoms with van der Waals surface area (Å²) >= 11 is 1.44. The van der Waals surface area contributed by atoms with Gasteiger partial charge in [0.15, 0.2) is 16.6 Å². The van der Waals surface area contributed by atoms with Gasteiger partial charge in [-0.3, -0.25) is 4.79 Å². The third-order valence-corrected chi connectivity index (χ3v) is 4.54. The lowest BCUT2D eigenvalue weighted by atomic mass is 10.4. The van der Waals surface area contributed by atoms with Gasteiger partial charge >= 0.3 is 5.97 Å². The minimum atomic E-state index is -0.414. The largest absolute Gasteiger partial charge is 0.462 e. The summed E-state index contributed by atoms with van der Waals surface area (Å²) in [6.07, 6.45) is 1.58. The van der Waals surface area contributed by atoms with Gasteiger partial charge in [-0.1, -0.05) is 0 Å². The summed E-state index contributed by atoms with van der Waals surface area (Å²) in [5.74, 6) is 1.14. The number of esters is 1. The van der Waals surface area contributed by atoms with E-state index in [1.807, 2.05) is 31.4 Å². The average Bonchev–Trinajstić information content (AvgIpc) is 3.32. The first kappa shape index (κ1) is 16.4. The molecule has 0 aliphatic rings. The number of furan rings is 1. The van der Waals surface area contributed by atoms with Crippen molar-refractivity contribution < 1.29 is 13.9 Å². The molecule has 0 radical (unpaired) electrons. The highest BCUT2D eigenvalue weighted by Gasteiger charge is 2.14. The molecule has 26 heavy (non-hydrogen) atoms. The molecule has 0 atom stereocenters. The number of aromatic nitrogens is 5. The molecule has 4 rings (SSSR count). The second kappa shape index (κ2) is 6.68. The van der Waals surface area contributed by atoms with Gasteiger partial charge in [-0.25, -0.2) is 14.5 Å². The molecule has 0 unspecified atom stereocenters. The van der Waals surface area contributed by atoms with Crippen molar-refractivity contribution in [3.05, 3.63) is 52.7 Å². The molecule has 8 nitrogen and oxygen atoms in total. The third-order valence-electron chi connectivity index (χ3n) is 3.63. The van der Waals surface area contributed by atoms with Crippen molar-refractivity contribution in [2.45, 2.75) is 26.9 Å². The van der Waals surface area contributed by atoms with Crippen LogP contribution in [0, 0.1) is 13.8 Å². The predicted octanol–water partition coefficient (Wildman–Crippen LogP) is 2.74. The van der Waals surface area contributed by atoms with Gasteiger partial charge in [0.1, 0.15) is 13.0 Å². The van der Waals surface area contributed by atoms with Gasteiger partial charge in [-0.2, -0.15) is 4.98 Å². The van der Waals surface area contributed by atoms with E-state index in [0.717, 1.165) is 16.4 Å². The monoisotopic (exact) mass is 369 g/mol. The Hall–Kier alpha value is -3.07. The first-order valence-electron chi connectivity index (χ1n) is 7.92. The van der Waals surface area contributed by atoms with E-state index in [1.54, 1.807) is 16.8 Å². The molecule has 0 saturated heterocycles. The molecule has 0 aliphatic heterocycles. The molecule has 0 aromatic carbocycles. The van der Waals surface area contributed by atoms with Gasteiger partial charge in [0.25, 0.3) is 5.78 Å². The number of rotatable bonds is 5. The topological polar surface area (TPSA) is 95.4 Å². The standard InChI is InChI=1S/C17H15N5O3S/c1-10-6-11(2)22-17(18-10)20-14(21-22)7-15(23)25-8-12-9-26-16(19-12)13-4-3-5-24-13/h3-6,9H,7-8H2,1-2H3. The Bertz CT molecular complexity index is 1070. The van der Waals surface area contributed by atoms with Gasteiger partial charge in [0.05, 0.1) is 12.0 Å². The molecule has 0 aliphatic carbocycles. The Balaban J connectivity index is 1.39. The molecule has 0 saturated carbocycles. The Kier molecular flexibility index (Phi) is 4.21. The highest BCUT2D eigenvalue weighted by molar-refractivity contribution is 7.13. The first-order valence-corrected chi connectivity index (χ1v) is 8.80. The van der Waals surface area contributed by atoms with E-state index in [4.69, 9.17) is 9.15 Å². The van der Waals surface area contributed by atoms with Crippen LogP contribution in [0.3, 0.4) is 0 Å². The zero-order chi connectivity index (χ0) is 18.1. The lowest BCUT2D eigenvalue weighted by Crippen LogP contribution is -2.09. The Morgan fingerprint density at radius 1 is 1.31 bits per heavy atom. The van der Waals surface area contributed by atoms with Crippen LogP contribution in [-0.4, -0.2) is 30.5 Å². The minimum absolute atomic E-state index is 0.0168. The quantitative estimate of drug-likeness (QED) is 0.499. The maximum Gasteiger partial charge on any atom is 0.313 e. The van der Waals surface area contributed by atoms with Gasteiger partial charge < -0.3 is 9.15 Å². The molecule has 4 aromatic rings. The number of hydrogen-bond donors (Lipinski definition) is 0. The number of nitrogens with zero attached hydrogens (tertiary/aromatic N) is 5. The fourth-order valence-corrected chi connectivity index (χ4v) is 3.27. The fraction of sp³-hybridized carbons (Fsp3) is 0.235. The fourth-order valence-electron chi connectivity index (χ4n) is 2.50. The van der Waals surface area contributed by atoms with Gasteiger partial charge in [0, 0.05) is 16.8 Å². The summed E-state index contributed by atoms with van der Waals surface area (Å²) < 4.78 is 12.2. The molecule has 0 fully saturated rings. The number of hydrogen-bond acceptors (Lipinski definition) is 8. The number of fused-ring (bicyclic) bond motifs is 1. The zero-order valence-corrected chi connectivity index (χ0v) is 15.0. The lowest BCUT2D eigenvalue weighted by molar-refractivity contribution is -0.144. The number of thiazole rings is 1. The minimum Gasteiger partial charge on any atom is -0.462 e. The first-order chi connectivity index (χ1) is 12.6. The van der Waals surface area contributed by atoms with Crippen molar-refractivity contribution in [2.24, 2.45) is 0 Å². The van der Waals surface area contributed by atoms with Crippen LogP contribution in [0.15, 0.2) is 34.3 Å². The van der Waals surface area contributed by atoms with E-state index in [-0.39, 0.29) is 13.0 Å². The van der Waals surface area contributed by atoms with E-state index in [2.05, 4.69) is 20.1 Å². The van der Waals surface area contributed by atoms with E-state index < -0.39 is 5.97 Å². The van der Waals surface area contributed by atoms with Crippen LogP contribution in [0.25, 0.3) is 16.5 Å². The van der Waals surface area contributed by atoms with Crippen molar-refractivity contribution >= 4 is 23.1 Å². The van der Waals surface area contributed by atoms with Crippen LogP contribution >= 0.6 is 11.3 Å². The molecule has 132 valence electrons. The van der Waals surface area contributed by atoms with Crippen LogP contribution in [0.5, 0.6) is 0 Å². The molecular formula is C17H15N5O3S. The molecular weight excluding hydrogens is 354 g/mol. The van der Waals surface area contributed by atoms with Crippen molar-refractivity contribution in [1.82, 2.24) is 24.6 Å². The van der Waals surface area contributed by atoms with Gasteiger partial charge in [0.2, 0.25) is 0 Å². The smallest absolute Gasteiger partial charge is 0.313 e. The summed E-state index contributed by atoms with van der Waals surface area (Å²) in [5, 5.41) is 6.89. The second-order valence-electron chi connectivity index (χ2n) is 5.74. The number of carbonyl (C=O) groups excluding carboxylic acids is 1. The summed E-state index contributed by atoms with van der Waals surface area (Å²) in [7, 11) is 0. The summed E-state index contributed by atoms with van der Waals surface area (Å²) in [6, 6.07) is 5.54.